The zero-order valence-corrected chi connectivity index (χ0v) is 14.5. The van der Waals surface area contributed by atoms with E-state index in [-0.39, 0.29) is 20.0 Å². The molecule has 0 saturated heterocycles. The number of benzene rings is 2. The van der Waals surface area contributed by atoms with Crippen LogP contribution in [-0.2, 0) is 10.0 Å². The topological polar surface area (TPSA) is 59.1 Å². The molecule has 0 radical (unpaired) electrons. The highest BCUT2D eigenvalue weighted by Crippen LogP contribution is 2.35. The normalized spacial score (nSPS) is 11.6. The number of nitrogens with zero attached hydrogens (tertiary/aromatic N) is 1. The van der Waals surface area contributed by atoms with Gasteiger partial charge < -0.3 is 0 Å². The molecular weight excluding hydrogens is 379 g/mol. The molecule has 1 heterocycles. The second kappa shape index (κ2) is 6.17. The van der Waals surface area contributed by atoms with Crippen molar-refractivity contribution in [3.8, 4) is 0 Å². The lowest BCUT2D eigenvalue weighted by Crippen LogP contribution is -2.13. The first-order chi connectivity index (χ1) is 10.9. The van der Waals surface area contributed by atoms with Gasteiger partial charge in [0.15, 0.2) is 0 Å². The highest BCUT2D eigenvalue weighted by atomic mass is 35.5. The third kappa shape index (κ3) is 3.23. The van der Waals surface area contributed by atoms with Crippen molar-refractivity contribution in [2.45, 2.75) is 4.90 Å². The summed E-state index contributed by atoms with van der Waals surface area (Å²) in [6, 6.07) is 11.7. The average Bonchev–Trinajstić information content (AvgIpc) is 2.52. The second-order valence-corrected chi connectivity index (χ2v) is 7.51. The van der Waals surface area contributed by atoms with Gasteiger partial charge in [-0.15, -0.1) is 0 Å². The highest BCUT2D eigenvalue weighted by Gasteiger charge is 2.21. The largest absolute Gasteiger partial charge is 0.278 e. The lowest BCUT2D eigenvalue weighted by atomic mass is 10.2. The fraction of sp³-hybridized carbons (Fsp3) is 0. The molecule has 0 amide bonds. The third-order valence-electron chi connectivity index (χ3n) is 3.13. The standard InChI is InChI=1S/C15H9Cl3N2O2S/c16-11-5-6-13(15(18)14(11)17)23(21,22)20-10-7-9-3-1-2-4-12(9)19-8-10/h1-8,20H. The van der Waals surface area contributed by atoms with Crippen molar-refractivity contribution >= 4 is 61.4 Å². The van der Waals surface area contributed by atoms with E-state index in [0.29, 0.717) is 5.69 Å². The van der Waals surface area contributed by atoms with E-state index in [0.717, 1.165) is 10.9 Å². The average molecular weight is 388 g/mol. The maximum atomic E-state index is 12.5. The van der Waals surface area contributed by atoms with E-state index in [9.17, 15) is 8.42 Å². The van der Waals surface area contributed by atoms with Crippen LogP contribution >= 0.6 is 34.8 Å². The van der Waals surface area contributed by atoms with Gasteiger partial charge in [-0.25, -0.2) is 8.42 Å². The maximum absolute atomic E-state index is 12.5. The van der Waals surface area contributed by atoms with Gasteiger partial charge in [-0.1, -0.05) is 53.0 Å². The summed E-state index contributed by atoms with van der Waals surface area (Å²) in [6.07, 6.45) is 1.44. The van der Waals surface area contributed by atoms with Crippen LogP contribution in [0.5, 0.6) is 0 Å². The molecule has 0 aliphatic rings. The molecule has 3 aromatic rings. The number of anilines is 1. The fourth-order valence-electron chi connectivity index (χ4n) is 2.05. The zero-order chi connectivity index (χ0) is 16.6. The Kier molecular flexibility index (Phi) is 4.38. The lowest BCUT2D eigenvalue weighted by Gasteiger charge is -2.11. The second-order valence-electron chi connectivity index (χ2n) is 4.70. The Morgan fingerprint density at radius 3 is 2.48 bits per heavy atom. The zero-order valence-electron chi connectivity index (χ0n) is 11.4. The molecule has 0 fully saturated rings. The number of hydrogen-bond acceptors (Lipinski definition) is 3. The van der Waals surface area contributed by atoms with Crippen LogP contribution in [0, 0.1) is 0 Å². The molecule has 118 valence electrons. The first-order valence-corrected chi connectivity index (χ1v) is 9.01. The molecule has 0 aliphatic carbocycles. The van der Waals surface area contributed by atoms with Crippen molar-refractivity contribution in [2.24, 2.45) is 0 Å². The molecule has 0 spiro atoms. The summed E-state index contributed by atoms with van der Waals surface area (Å²) in [5.41, 5.74) is 1.09. The molecule has 1 N–H and O–H groups in total. The van der Waals surface area contributed by atoms with Crippen LogP contribution in [0.1, 0.15) is 0 Å². The minimum absolute atomic E-state index is 0.00663. The number of nitrogens with one attached hydrogen (secondary N) is 1. The molecule has 23 heavy (non-hydrogen) atoms. The van der Waals surface area contributed by atoms with E-state index in [1.807, 2.05) is 24.3 Å². The van der Waals surface area contributed by atoms with Crippen LogP contribution in [0.3, 0.4) is 0 Å². The van der Waals surface area contributed by atoms with Gasteiger partial charge in [0.05, 0.1) is 32.5 Å². The van der Waals surface area contributed by atoms with Crippen molar-refractivity contribution in [2.75, 3.05) is 4.72 Å². The number of para-hydroxylation sites is 1. The Morgan fingerprint density at radius 2 is 1.70 bits per heavy atom. The van der Waals surface area contributed by atoms with E-state index in [2.05, 4.69) is 9.71 Å². The summed E-state index contributed by atoms with van der Waals surface area (Å²) in [5, 5.41) is 0.865. The molecule has 2 aromatic carbocycles. The van der Waals surface area contributed by atoms with Crippen LogP contribution in [0.4, 0.5) is 5.69 Å². The molecule has 0 unspecified atom stereocenters. The van der Waals surface area contributed by atoms with Crippen LogP contribution in [-0.4, -0.2) is 13.4 Å². The first kappa shape index (κ1) is 16.3. The summed E-state index contributed by atoms with van der Waals surface area (Å²) >= 11 is 17.7. The van der Waals surface area contributed by atoms with Gasteiger partial charge in [-0.3, -0.25) is 9.71 Å². The van der Waals surface area contributed by atoms with E-state index >= 15 is 0 Å². The van der Waals surface area contributed by atoms with Gasteiger partial charge in [0.25, 0.3) is 10.0 Å². The number of pyridine rings is 1. The smallest absolute Gasteiger partial charge is 0.263 e. The Morgan fingerprint density at radius 1 is 0.957 bits per heavy atom. The summed E-state index contributed by atoms with van der Waals surface area (Å²) < 4.78 is 27.4. The van der Waals surface area contributed by atoms with Gasteiger partial charge in [0.2, 0.25) is 0 Å². The monoisotopic (exact) mass is 386 g/mol. The Balaban J connectivity index is 2.01. The summed E-state index contributed by atoms with van der Waals surface area (Å²) in [4.78, 5) is 4.05. The van der Waals surface area contributed by atoms with Crippen LogP contribution < -0.4 is 4.72 Å². The van der Waals surface area contributed by atoms with Crippen LogP contribution in [0.25, 0.3) is 10.9 Å². The van der Waals surface area contributed by atoms with Crippen molar-refractivity contribution < 1.29 is 8.42 Å². The fourth-order valence-corrected chi connectivity index (χ4v) is 4.07. The predicted octanol–water partition coefficient (Wildman–Crippen LogP) is 5.00. The molecular formula is C15H9Cl3N2O2S. The van der Waals surface area contributed by atoms with Gasteiger partial charge in [-0.05, 0) is 24.3 Å². The maximum Gasteiger partial charge on any atom is 0.263 e. The molecule has 0 saturated carbocycles. The summed E-state index contributed by atoms with van der Waals surface area (Å²) in [5.74, 6) is 0. The Bertz CT molecular complexity index is 1010. The van der Waals surface area contributed by atoms with E-state index in [4.69, 9.17) is 34.8 Å². The molecule has 3 rings (SSSR count). The molecule has 1 aromatic heterocycles. The number of fused-ring (bicyclic) bond motifs is 1. The van der Waals surface area contributed by atoms with Gasteiger partial charge in [-0.2, -0.15) is 0 Å². The highest BCUT2D eigenvalue weighted by molar-refractivity contribution is 7.92. The number of rotatable bonds is 3. The summed E-state index contributed by atoms with van der Waals surface area (Å²) in [7, 11) is -3.92. The predicted molar refractivity (Wildman–Crippen MR) is 94.0 cm³/mol. The number of hydrogen-bond donors (Lipinski definition) is 1. The number of aromatic nitrogens is 1. The van der Waals surface area contributed by atoms with Gasteiger partial charge >= 0.3 is 0 Å². The summed E-state index contributed by atoms with van der Waals surface area (Å²) in [6.45, 7) is 0. The number of sulfonamides is 1. The molecule has 0 atom stereocenters. The minimum atomic E-state index is -3.92. The number of halogens is 3. The van der Waals surface area contributed by atoms with Crippen molar-refractivity contribution in [1.82, 2.24) is 4.98 Å². The Hall–Kier alpha value is -1.53. The lowest BCUT2D eigenvalue weighted by molar-refractivity contribution is 0.601. The van der Waals surface area contributed by atoms with Gasteiger partial charge in [0.1, 0.15) is 4.90 Å². The van der Waals surface area contributed by atoms with E-state index < -0.39 is 10.0 Å². The van der Waals surface area contributed by atoms with Crippen LogP contribution in [0.2, 0.25) is 15.1 Å². The molecule has 8 heteroatoms. The van der Waals surface area contributed by atoms with Crippen molar-refractivity contribution in [3.63, 3.8) is 0 Å². The minimum Gasteiger partial charge on any atom is -0.278 e. The molecule has 0 bridgehead atoms. The first-order valence-electron chi connectivity index (χ1n) is 6.39. The molecule has 4 nitrogen and oxygen atoms in total. The van der Waals surface area contributed by atoms with E-state index in [1.165, 1.54) is 18.3 Å². The van der Waals surface area contributed by atoms with Crippen molar-refractivity contribution in [3.05, 3.63) is 63.7 Å². The third-order valence-corrected chi connectivity index (χ3v) is 5.96. The Labute approximate surface area is 148 Å². The SMILES string of the molecule is O=S(=O)(Nc1cnc2ccccc2c1)c1ccc(Cl)c(Cl)c1Cl. The molecule has 0 aliphatic heterocycles. The van der Waals surface area contributed by atoms with Crippen LogP contribution in [0.15, 0.2) is 53.6 Å². The quantitative estimate of drug-likeness (QED) is 0.644. The van der Waals surface area contributed by atoms with Crippen molar-refractivity contribution in [1.29, 1.82) is 0 Å². The van der Waals surface area contributed by atoms with Gasteiger partial charge in [0, 0.05) is 5.39 Å². The van der Waals surface area contributed by atoms with E-state index in [1.54, 1.807) is 6.07 Å².